The van der Waals surface area contributed by atoms with Crippen molar-refractivity contribution in [2.24, 2.45) is 5.92 Å². The Balaban J connectivity index is 1.20. The van der Waals surface area contributed by atoms with Gasteiger partial charge in [0.2, 0.25) is 5.91 Å². The molecule has 3 fully saturated rings. The first-order valence-corrected chi connectivity index (χ1v) is 16.2. The largest absolute Gasteiger partial charge is 0.462 e. The van der Waals surface area contributed by atoms with E-state index >= 15 is 0 Å². The van der Waals surface area contributed by atoms with E-state index in [1.807, 2.05) is 0 Å². The van der Waals surface area contributed by atoms with Crippen LogP contribution in [0, 0.1) is 17.2 Å². The summed E-state index contributed by atoms with van der Waals surface area (Å²) in [7, 11) is 2.16. The van der Waals surface area contributed by atoms with Gasteiger partial charge in [-0.3, -0.25) is 4.79 Å². The lowest BCUT2D eigenvalue weighted by Crippen LogP contribution is -2.55. The minimum Gasteiger partial charge on any atom is -0.462 e. The number of piperazine rings is 1. The molecule has 43 heavy (non-hydrogen) atoms. The van der Waals surface area contributed by atoms with Gasteiger partial charge in [0.15, 0.2) is 0 Å². The predicted molar refractivity (Wildman–Crippen MR) is 166 cm³/mol. The maximum absolute atomic E-state index is 12.6. The fourth-order valence-electron chi connectivity index (χ4n) is 8.44. The van der Waals surface area contributed by atoms with E-state index in [-0.39, 0.29) is 18.4 Å². The third-order valence-electron chi connectivity index (χ3n) is 10.7. The van der Waals surface area contributed by atoms with Gasteiger partial charge in [0.05, 0.1) is 30.8 Å². The van der Waals surface area contributed by atoms with Gasteiger partial charge in [0, 0.05) is 43.5 Å². The first-order chi connectivity index (χ1) is 21.0. The van der Waals surface area contributed by atoms with E-state index < -0.39 is 0 Å². The van der Waals surface area contributed by atoms with Gasteiger partial charge >= 0.3 is 6.01 Å². The summed E-state index contributed by atoms with van der Waals surface area (Å²) in [5.74, 6) is 2.29. The molecule has 2 unspecified atom stereocenters. The van der Waals surface area contributed by atoms with Gasteiger partial charge in [0.25, 0.3) is 0 Å². The molecule has 5 aliphatic rings. The van der Waals surface area contributed by atoms with Gasteiger partial charge < -0.3 is 24.3 Å². The molecule has 226 valence electrons. The zero-order valence-electron chi connectivity index (χ0n) is 25.4. The number of carbonyl (C=O) groups is 1. The average Bonchev–Trinajstić information content (AvgIpc) is 3.75. The molecule has 2 aliphatic carbocycles. The third kappa shape index (κ3) is 5.24. The highest BCUT2D eigenvalue weighted by Gasteiger charge is 2.39. The number of carbonyl (C=O) groups excluding carboxylic acids is 1. The van der Waals surface area contributed by atoms with Crippen molar-refractivity contribution in [2.75, 3.05) is 56.2 Å². The van der Waals surface area contributed by atoms with Crippen LogP contribution in [0.25, 0.3) is 0 Å². The van der Waals surface area contributed by atoms with Gasteiger partial charge in [-0.1, -0.05) is 25.1 Å². The summed E-state index contributed by atoms with van der Waals surface area (Å²) < 4.78 is 6.34. The number of likely N-dealkylation sites (tertiary alicyclic amines) is 1. The second kappa shape index (κ2) is 11.8. The summed E-state index contributed by atoms with van der Waals surface area (Å²) in [4.78, 5) is 31.6. The topological polar surface area (TPSA) is 88.8 Å². The molecule has 7 rings (SSSR count). The van der Waals surface area contributed by atoms with E-state index in [9.17, 15) is 10.1 Å². The summed E-state index contributed by atoms with van der Waals surface area (Å²) in [6, 6.07) is 9.79. The number of hydrogen-bond acceptors (Lipinski definition) is 8. The Kier molecular flexibility index (Phi) is 7.72. The minimum atomic E-state index is -0.210. The van der Waals surface area contributed by atoms with E-state index in [2.05, 4.69) is 52.6 Å². The predicted octanol–water partition coefficient (Wildman–Crippen LogP) is 4.07. The van der Waals surface area contributed by atoms with Gasteiger partial charge in [-0.05, 0) is 87.2 Å². The van der Waals surface area contributed by atoms with Gasteiger partial charge in [-0.15, -0.1) is 0 Å². The third-order valence-corrected chi connectivity index (χ3v) is 10.7. The van der Waals surface area contributed by atoms with Gasteiger partial charge in [-0.2, -0.15) is 15.2 Å². The molecule has 1 saturated carbocycles. The van der Waals surface area contributed by atoms with Crippen LogP contribution in [0.1, 0.15) is 66.8 Å². The van der Waals surface area contributed by atoms with E-state index in [1.165, 1.54) is 49.4 Å². The molecule has 0 N–H and O–H groups in total. The van der Waals surface area contributed by atoms with Crippen LogP contribution in [0.15, 0.2) is 30.9 Å². The van der Waals surface area contributed by atoms with E-state index in [4.69, 9.17) is 14.7 Å². The van der Waals surface area contributed by atoms with E-state index in [1.54, 1.807) is 16.0 Å². The Morgan fingerprint density at radius 1 is 1.12 bits per heavy atom. The second-order valence-electron chi connectivity index (χ2n) is 13.1. The van der Waals surface area contributed by atoms with Crippen LogP contribution < -0.4 is 14.5 Å². The molecule has 4 atom stereocenters. The molecule has 2 saturated heterocycles. The van der Waals surface area contributed by atoms with Crippen LogP contribution in [0.4, 0.5) is 11.5 Å². The molecular weight excluding hydrogens is 538 g/mol. The summed E-state index contributed by atoms with van der Waals surface area (Å²) in [5, 5.41) is 9.55. The van der Waals surface area contributed by atoms with Crippen molar-refractivity contribution in [3.8, 4) is 12.1 Å². The Bertz CT molecular complexity index is 1440. The molecule has 4 heterocycles. The molecule has 9 nitrogen and oxygen atoms in total. The summed E-state index contributed by atoms with van der Waals surface area (Å²) in [5.41, 5.74) is 6.73. The molecule has 9 heteroatoms. The van der Waals surface area contributed by atoms with Crippen LogP contribution in [0.5, 0.6) is 6.01 Å². The first kappa shape index (κ1) is 28.1. The molecule has 0 spiro atoms. The zero-order chi connectivity index (χ0) is 29.5. The molecule has 3 aliphatic heterocycles. The normalized spacial score (nSPS) is 26.6. The van der Waals surface area contributed by atoms with Crippen molar-refractivity contribution >= 4 is 17.4 Å². The lowest BCUT2D eigenvalue weighted by Gasteiger charge is -2.42. The molecule has 1 aromatic heterocycles. The maximum Gasteiger partial charge on any atom is 0.318 e. The minimum absolute atomic E-state index is 0.121. The van der Waals surface area contributed by atoms with Gasteiger partial charge in [-0.25, -0.2) is 0 Å². The highest BCUT2D eigenvalue weighted by molar-refractivity contribution is 5.87. The standard InChI is InChI=1S/C34H43N7O2/c1-3-31(42)41-18-17-40(20-25(41)12-14-35)33-28-13-16-39(30-11-5-8-24-19-23-7-4-10-27(23)32(24)30)21-29(28)36-34(37-33)43-22-26-9-6-15-38(26)2/h3,5,8,11,23,25-27H,1,4,6-7,9-10,12-13,15-22H2,2H3/t23?,25-,26-,27?/m0/s1. The number of rotatable bonds is 7. The SMILES string of the molecule is C=CC(=O)N1CCN(c2nc(OC[C@@H]3CCCN3C)nc3c2CCN(c2cccc4c2C2CCCC2C4)C3)C[C@@H]1CC#N. The summed E-state index contributed by atoms with van der Waals surface area (Å²) >= 11 is 0. The summed E-state index contributed by atoms with van der Waals surface area (Å²) in [6.07, 6.45) is 10.0. The van der Waals surface area contributed by atoms with Crippen LogP contribution in [0.3, 0.4) is 0 Å². The van der Waals surface area contributed by atoms with Crippen LogP contribution in [-0.2, 0) is 24.2 Å². The Morgan fingerprint density at radius 2 is 2.02 bits per heavy atom. The van der Waals surface area contributed by atoms with E-state index in [0.717, 1.165) is 49.9 Å². The zero-order valence-corrected chi connectivity index (χ0v) is 25.4. The highest BCUT2D eigenvalue weighted by Crippen LogP contribution is 2.52. The number of fused-ring (bicyclic) bond motifs is 4. The number of benzene rings is 1. The van der Waals surface area contributed by atoms with Crippen LogP contribution in [-0.4, -0.2) is 84.1 Å². The average molecular weight is 582 g/mol. The maximum atomic E-state index is 12.6. The quantitative estimate of drug-likeness (QED) is 0.453. The number of aromatic nitrogens is 2. The number of likely N-dealkylation sites (N-methyl/N-ethyl adjacent to an activating group) is 1. The lowest BCUT2D eigenvalue weighted by molar-refractivity contribution is -0.128. The van der Waals surface area contributed by atoms with Crippen molar-refractivity contribution in [3.05, 3.63) is 53.2 Å². The second-order valence-corrected chi connectivity index (χ2v) is 13.1. The molecule has 1 aromatic carbocycles. The van der Waals surface area contributed by atoms with Crippen molar-refractivity contribution < 1.29 is 9.53 Å². The molecule has 1 amide bonds. The Hall–Kier alpha value is -3.64. The number of nitrogens with zero attached hydrogens (tertiary/aromatic N) is 7. The monoisotopic (exact) mass is 581 g/mol. The first-order valence-electron chi connectivity index (χ1n) is 16.2. The molecule has 0 radical (unpaired) electrons. The van der Waals surface area contributed by atoms with Crippen molar-refractivity contribution in [1.82, 2.24) is 19.8 Å². The number of nitriles is 1. The van der Waals surface area contributed by atoms with E-state index in [0.29, 0.717) is 44.2 Å². The number of anilines is 2. The molecule has 0 bridgehead atoms. The lowest BCUT2D eigenvalue weighted by atomic mass is 9.93. The Labute approximate surface area is 255 Å². The van der Waals surface area contributed by atoms with Gasteiger partial charge in [0.1, 0.15) is 12.4 Å². The van der Waals surface area contributed by atoms with Crippen molar-refractivity contribution in [3.63, 3.8) is 0 Å². The van der Waals surface area contributed by atoms with Crippen molar-refractivity contribution in [1.29, 1.82) is 5.26 Å². The number of hydrogen-bond donors (Lipinski definition) is 0. The number of ether oxygens (including phenoxy) is 1. The Morgan fingerprint density at radius 3 is 2.84 bits per heavy atom. The highest BCUT2D eigenvalue weighted by atomic mass is 16.5. The van der Waals surface area contributed by atoms with Crippen LogP contribution in [0.2, 0.25) is 0 Å². The summed E-state index contributed by atoms with van der Waals surface area (Å²) in [6.45, 7) is 8.73. The molecule has 2 aromatic rings. The number of amides is 1. The fourth-order valence-corrected chi connectivity index (χ4v) is 8.44. The molecular formula is C34H43N7O2. The fraction of sp³-hybridized carbons (Fsp3) is 0.588. The van der Waals surface area contributed by atoms with Crippen LogP contribution >= 0.6 is 0 Å². The van der Waals surface area contributed by atoms with Crippen molar-refractivity contribution in [2.45, 2.75) is 75.9 Å². The smallest absolute Gasteiger partial charge is 0.318 e.